The van der Waals surface area contributed by atoms with Gasteiger partial charge in [0, 0.05) is 11.8 Å². The molecule has 0 aromatic heterocycles. The van der Waals surface area contributed by atoms with Crippen LogP contribution in [0.5, 0.6) is 0 Å². The van der Waals surface area contributed by atoms with Crippen LogP contribution in [0.3, 0.4) is 0 Å². The highest BCUT2D eigenvalue weighted by Crippen LogP contribution is 2.16. The molecule has 0 saturated carbocycles. The van der Waals surface area contributed by atoms with Gasteiger partial charge in [-0.2, -0.15) is 13.2 Å². The minimum atomic E-state index is -4.35. The maximum absolute atomic E-state index is 11.6. The molecule has 70 valence electrons. The van der Waals surface area contributed by atoms with Gasteiger partial charge in [-0.3, -0.25) is 0 Å². The van der Waals surface area contributed by atoms with Crippen LogP contribution in [0, 0.1) is 0 Å². The number of hydrogen-bond acceptors (Lipinski definition) is 2. The SMILES string of the molecule is CC1=C=C=C(OCC(F)(F)F)N=C1. The van der Waals surface area contributed by atoms with Crippen LogP contribution in [-0.4, -0.2) is 19.0 Å². The Morgan fingerprint density at radius 2 is 2.15 bits per heavy atom. The van der Waals surface area contributed by atoms with E-state index in [4.69, 9.17) is 0 Å². The number of alkyl halides is 3. The van der Waals surface area contributed by atoms with E-state index in [9.17, 15) is 13.2 Å². The van der Waals surface area contributed by atoms with E-state index in [1.54, 1.807) is 6.92 Å². The Balaban J connectivity index is 2.59. The molecule has 5 heteroatoms. The summed E-state index contributed by atoms with van der Waals surface area (Å²) in [6.45, 7) is 0.352. The van der Waals surface area contributed by atoms with Crippen molar-refractivity contribution in [1.82, 2.24) is 0 Å². The largest absolute Gasteiger partial charge is 0.462 e. The van der Waals surface area contributed by atoms with Crippen molar-refractivity contribution in [2.24, 2.45) is 4.99 Å². The molecule has 0 aromatic carbocycles. The molecule has 0 aromatic rings. The third kappa shape index (κ3) is 3.65. The van der Waals surface area contributed by atoms with Crippen molar-refractivity contribution < 1.29 is 17.9 Å². The van der Waals surface area contributed by atoms with Crippen LogP contribution in [0.2, 0.25) is 0 Å². The Bertz CT molecular complexity index is 328. The summed E-state index contributed by atoms with van der Waals surface area (Å²) in [5, 5.41) is 0. The molecule has 0 bridgehead atoms. The van der Waals surface area contributed by atoms with Crippen molar-refractivity contribution >= 4 is 6.21 Å². The number of allylic oxidation sites excluding steroid dienone is 1. The predicted molar refractivity (Wildman–Crippen MR) is 40.2 cm³/mol. The Morgan fingerprint density at radius 1 is 1.46 bits per heavy atom. The minimum Gasteiger partial charge on any atom is -0.462 e. The molecule has 0 radical (unpaired) electrons. The molecule has 1 aliphatic heterocycles. The first kappa shape index (κ1) is 9.65. The van der Waals surface area contributed by atoms with Crippen LogP contribution in [0.25, 0.3) is 0 Å². The van der Waals surface area contributed by atoms with Gasteiger partial charge in [-0.05, 0) is 12.7 Å². The highest BCUT2D eigenvalue weighted by Gasteiger charge is 2.28. The summed E-state index contributed by atoms with van der Waals surface area (Å²) in [5.41, 5.74) is 5.60. The predicted octanol–water partition coefficient (Wildman–Crippen LogP) is 2.19. The number of hydrogen-bond donors (Lipinski definition) is 0. The summed E-state index contributed by atoms with van der Waals surface area (Å²) >= 11 is 0. The molecule has 0 saturated heterocycles. The molecule has 0 fully saturated rings. The summed E-state index contributed by atoms with van der Waals surface area (Å²) in [4.78, 5) is 3.57. The first-order valence-electron chi connectivity index (χ1n) is 3.43. The highest BCUT2D eigenvalue weighted by atomic mass is 19.4. The van der Waals surface area contributed by atoms with Gasteiger partial charge >= 0.3 is 6.18 Å². The van der Waals surface area contributed by atoms with Gasteiger partial charge in [-0.25, -0.2) is 4.99 Å². The van der Waals surface area contributed by atoms with E-state index in [2.05, 4.69) is 21.2 Å². The van der Waals surface area contributed by atoms with Crippen LogP contribution in [0.4, 0.5) is 13.2 Å². The summed E-state index contributed by atoms with van der Waals surface area (Å²) in [6.07, 6.45) is -2.98. The van der Waals surface area contributed by atoms with Gasteiger partial charge in [0.25, 0.3) is 5.88 Å². The number of ether oxygens (including phenoxy) is 1. The lowest BCUT2D eigenvalue weighted by molar-refractivity contribution is -0.164. The first-order chi connectivity index (χ1) is 5.97. The summed E-state index contributed by atoms with van der Waals surface area (Å²) < 4.78 is 39.2. The highest BCUT2D eigenvalue weighted by molar-refractivity contribution is 5.78. The fraction of sp³-hybridized carbons (Fsp3) is 0.375. The molecule has 0 atom stereocenters. The Labute approximate surface area is 72.7 Å². The summed E-state index contributed by atoms with van der Waals surface area (Å²) in [7, 11) is 0. The topological polar surface area (TPSA) is 21.6 Å². The zero-order valence-corrected chi connectivity index (χ0v) is 6.77. The number of aliphatic imine (C=N–C) groups is 1. The average molecular weight is 189 g/mol. The zero-order chi connectivity index (χ0) is 9.90. The lowest BCUT2D eigenvalue weighted by atomic mass is 10.3. The standard InChI is InChI=1S/C8H6F3NO/c1-6-2-3-7(12-4-6)13-5-8(9,10)11/h4H,5H2,1H3. The van der Waals surface area contributed by atoms with Crippen molar-refractivity contribution in [3.05, 3.63) is 22.9 Å². The maximum Gasteiger partial charge on any atom is 0.422 e. The van der Waals surface area contributed by atoms with Gasteiger partial charge in [0.1, 0.15) is 0 Å². The van der Waals surface area contributed by atoms with E-state index in [0.29, 0.717) is 5.57 Å². The molecule has 0 amide bonds. The molecule has 1 aliphatic rings. The summed E-state index contributed by atoms with van der Waals surface area (Å²) in [5.74, 6) is -0.192. The molecular formula is C8H6F3NO. The fourth-order valence-electron chi connectivity index (χ4n) is 0.596. The van der Waals surface area contributed by atoms with Crippen LogP contribution in [0.15, 0.2) is 27.9 Å². The van der Waals surface area contributed by atoms with Gasteiger partial charge in [0.2, 0.25) is 0 Å². The monoisotopic (exact) mass is 189 g/mol. The Morgan fingerprint density at radius 3 is 2.62 bits per heavy atom. The molecule has 1 rings (SSSR count). The second-order valence-corrected chi connectivity index (χ2v) is 2.40. The van der Waals surface area contributed by atoms with Crippen molar-refractivity contribution in [2.45, 2.75) is 13.1 Å². The lowest BCUT2D eigenvalue weighted by Gasteiger charge is -2.07. The van der Waals surface area contributed by atoms with Crippen molar-refractivity contribution in [3.8, 4) is 0 Å². The number of rotatable bonds is 2. The van der Waals surface area contributed by atoms with Gasteiger partial charge in [0.15, 0.2) is 6.61 Å². The van der Waals surface area contributed by atoms with E-state index in [-0.39, 0.29) is 5.88 Å². The molecule has 0 spiro atoms. The van der Waals surface area contributed by atoms with E-state index < -0.39 is 12.8 Å². The third-order valence-corrected chi connectivity index (χ3v) is 1.11. The van der Waals surface area contributed by atoms with Gasteiger partial charge in [-0.1, -0.05) is 5.73 Å². The maximum atomic E-state index is 11.6. The number of nitrogens with zero attached hydrogens (tertiary/aromatic N) is 1. The van der Waals surface area contributed by atoms with E-state index in [0.717, 1.165) is 0 Å². The van der Waals surface area contributed by atoms with Crippen molar-refractivity contribution in [1.29, 1.82) is 0 Å². The molecule has 2 nitrogen and oxygen atoms in total. The zero-order valence-electron chi connectivity index (χ0n) is 6.77. The van der Waals surface area contributed by atoms with Crippen LogP contribution < -0.4 is 0 Å². The normalized spacial score (nSPS) is 15.4. The average Bonchev–Trinajstić information content (AvgIpc) is 2.02. The van der Waals surface area contributed by atoms with E-state index in [1.807, 2.05) is 0 Å². The van der Waals surface area contributed by atoms with Crippen LogP contribution in [0.1, 0.15) is 6.92 Å². The van der Waals surface area contributed by atoms with E-state index in [1.165, 1.54) is 6.21 Å². The Hall–Kier alpha value is -1.44. The van der Waals surface area contributed by atoms with Gasteiger partial charge in [-0.15, -0.1) is 0 Å². The van der Waals surface area contributed by atoms with E-state index >= 15 is 0 Å². The molecule has 0 aliphatic carbocycles. The molecule has 1 heterocycles. The quantitative estimate of drug-likeness (QED) is 0.610. The summed E-state index contributed by atoms with van der Waals surface area (Å²) in [6, 6.07) is 0. The van der Waals surface area contributed by atoms with Crippen LogP contribution >= 0.6 is 0 Å². The first-order valence-corrected chi connectivity index (χ1v) is 3.43. The minimum absolute atomic E-state index is 0.192. The fourth-order valence-corrected chi connectivity index (χ4v) is 0.596. The van der Waals surface area contributed by atoms with Crippen LogP contribution in [-0.2, 0) is 4.74 Å². The smallest absolute Gasteiger partial charge is 0.422 e. The molecule has 13 heavy (non-hydrogen) atoms. The van der Waals surface area contributed by atoms with Crippen molar-refractivity contribution in [3.63, 3.8) is 0 Å². The van der Waals surface area contributed by atoms with Crippen molar-refractivity contribution in [2.75, 3.05) is 6.61 Å². The molecule has 0 N–H and O–H groups in total. The lowest BCUT2D eigenvalue weighted by Crippen LogP contribution is -2.16. The van der Waals surface area contributed by atoms with Gasteiger partial charge in [0.05, 0.1) is 0 Å². The number of halogens is 3. The second kappa shape index (κ2) is 3.52. The second-order valence-electron chi connectivity index (χ2n) is 2.40. The third-order valence-electron chi connectivity index (χ3n) is 1.11. The Kier molecular flexibility index (Phi) is 2.61. The molecular weight excluding hydrogens is 183 g/mol. The molecule has 0 unspecified atom stereocenters. The van der Waals surface area contributed by atoms with Gasteiger partial charge < -0.3 is 4.74 Å².